The molecule has 26 heavy (non-hydrogen) atoms. The number of hydrogen-bond donors (Lipinski definition) is 1. The van der Waals surface area contributed by atoms with Crippen molar-refractivity contribution in [3.8, 4) is 11.5 Å². The highest BCUT2D eigenvalue weighted by Gasteiger charge is 2.27. The number of aliphatic carboxylic acids is 1. The topological polar surface area (TPSA) is 79.3 Å². The lowest BCUT2D eigenvalue weighted by atomic mass is 10.0. The third-order valence-corrected chi connectivity index (χ3v) is 5.04. The van der Waals surface area contributed by atoms with Crippen LogP contribution in [-0.4, -0.2) is 72.2 Å². The number of piperidine rings is 1. The summed E-state index contributed by atoms with van der Waals surface area (Å²) in [6, 6.07) is 5.87. The molecule has 3 rings (SSSR count). The van der Waals surface area contributed by atoms with Crippen molar-refractivity contribution in [2.45, 2.75) is 32.2 Å². The summed E-state index contributed by atoms with van der Waals surface area (Å²) in [6.07, 6.45) is 1.97. The quantitative estimate of drug-likeness (QED) is 0.824. The molecule has 0 aromatic heterocycles. The highest BCUT2D eigenvalue weighted by molar-refractivity contribution is 5.79. The van der Waals surface area contributed by atoms with E-state index in [1.165, 1.54) is 0 Å². The van der Waals surface area contributed by atoms with Gasteiger partial charge in [-0.1, -0.05) is 13.0 Å². The molecule has 2 aliphatic rings. The number of likely N-dealkylation sites (tertiary alicyclic amines) is 1. The highest BCUT2D eigenvalue weighted by atomic mass is 16.6. The Morgan fingerprint density at radius 1 is 1.19 bits per heavy atom. The first-order valence-corrected chi connectivity index (χ1v) is 9.19. The van der Waals surface area contributed by atoms with E-state index in [1.54, 1.807) is 0 Å². The van der Waals surface area contributed by atoms with Crippen LogP contribution in [0.3, 0.4) is 0 Å². The first-order chi connectivity index (χ1) is 12.6. The molecule has 0 spiro atoms. The third-order valence-electron chi connectivity index (χ3n) is 5.04. The van der Waals surface area contributed by atoms with Gasteiger partial charge in [-0.2, -0.15) is 0 Å². The van der Waals surface area contributed by atoms with Gasteiger partial charge in [-0.25, -0.2) is 0 Å². The molecule has 0 aliphatic carbocycles. The summed E-state index contributed by atoms with van der Waals surface area (Å²) in [6.45, 7) is 5.17. The number of hydrogen-bond acceptors (Lipinski definition) is 5. The second-order valence-electron chi connectivity index (χ2n) is 6.72. The summed E-state index contributed by atoms with van der Waals surface area (Å²) >= 11 is 0. The zero-order valence-electron chi connectivity index (χ0n) is 15.1. The van der Waals surface area contributed by atoms with Crippen LogP contribution in [0.15, 0.2) is 18.2 Å². The summed E-state index contributed by atoms with van der Waals surface area (Å²) in [5.41, 5.74) is 0.919. The minimum Gasteiger partial charge on any atom is -0.486 e. The first kappa shape index (κ1) is 18.5. The van der Waals surface area contributed by atoms with Crippen LogP contribution >= 0.6 is 0 Å². The van der Waals surface area contributed by atoms with Crippen LogP contribution < -0.4 is 9.47 Å². The van der Waals surface area contributed by atoms with E-state index in [0.717, 1.165) is 24.2 Å². The van der Waals surface area contributed by atoms with Gasteiger partial charge in [0.25, 0.3) is 0 Å². The fourth-order valence-corrected chi connectivity index (χ4v) is 3.64. The van der Waals surface area contributed by atoms with Gasteiger partial charge in [-0.05, 0) is 37.1 Å². The molecule has 0 unspecified atom stereocenters. The Morgan fingerprint density at radius 3 is 2.54 bits per heavy atom. The number of carboxylic acids is 1. The number of fused-ring (bicyclic) bond motifs is 1. The number of carbonyl (C=O) groups excluding carboxylic acids is 1. The molecule has 7 nitrogen and oxygen atoms in total. The van der Waals surface area contributed by atoms with Gasteiger partial charge in [0, 0.05) is 19.1 Å². The molecular weight excluding hydrogens is 336 g/mol. The Bertz CT molecular complexity index is 655. The summed E-state index contributed by atoms with van der Waals surface area (Å²) in [7, 11) is 0. The fourth-order valence-electron chi connectivity index (χ4n) is 3.64. The number of amides is 1. The van der Waals surface area contributed by atoms with Gasteiger partial charge in [0.2, 0.25) is 5.91 Å². The van der Waals surface area contributed by atoms with Crippen molar-refractivity contribution in [1.29, 1.82) is 0 Å². The van der Waals surface area contributed by atoms with Gasteiger partial charge in [0.05, 0.1) is 13.0 Å². The van der Waals surface area contributed by atoms with Crippen LogP contribution in [0.25, 0.3) is 0 Å². The predicted molar refractivity (Wildman–Crippen MR) is 95.6 cm³/mol. The molecule has 1 N–H and O–H groups in total. The van der Waals surface area contributed by atoms with Crippen LogP contribution in [0.1, 0.15) is 25.3 Å². The molecular formula is C19H26N2O5. The number of likely N-dealkylation sites (N-methyl/N-ethyl adjacent to an activating group) is 1. The molecule has 1 fully saturated rings. The number of ether oxygens (including phenoxy) is 2. The summed E-state index contributed by atoms with van der Waals surface area (Å²) in [5, 5.41) is 9.01. The maximum Gasteiger partial charge on any atom is 0.317 e. The second kappa shape index (κ2) is 8.40. The normalized spacial score (nSPS) is 17.4. The van der Waals surface area contributed by atoms with Gasteiger partial charge in [0.15, 0.2) is 11.5 Å². The average Bonchev–Trinajstić information content (AvgIpc) is 2.66. The SMILES string of the molecule is CCN(CC(=O)O)C1CCN(C(=O)Cc2ccc3c(c2)OCCO3)CC1. The molecule has 0 bridgehead atoms. The summed E-state index contributed by atoms with van der Waals surface area (Å²) < 4.78 is 11.1. The predicted octanol–water partition coefficient (Wildman–Crippen LogP) is 1.40. The van der Waals surface area contributed by atoms with E-state index >= 15 is 0 Å². The van der Waals surface area contributed by atoms with Crippen molar-refractivity contribution >= 4 is 11.9 Å². The Morgan fingerprint density at radius 2 is 1.88 bits per heavy atom. The monoisotopic (exact) mass is 362 g/mol. The van der Waals surface area contributed by atoms with E-state index in [0.29, 0.717) is 45.0 Å². The van der Waals surface area contributed by atoms with E-state index in [4.69, 9.17) is 14.6 Å². The van der Waals surface area contributed by atoms with Crippen LogP contribution in [-0.2, 0) is 16.0 Å². The molecule has 2 aliphatic heterocycles. The Labute approximate surface area is 153 Å². The molecule has 2 heterocycles. The Kier molecular flexibility index (Phi) is 5.98. The van der Waals surface area contributed by atoms with Gasteiger partial charge in [0.1, 0.15) is 13.2 Å². The van der Waals surface area contributed by atoms with E-state index in [2.05, 4.69) is 0 Å². The molecule has 1 aromatic rings. The van der Waals surface area contributed by atoms with Crippen LogP contribution in [0, 0.1) is 0 Å². The van der Waals surface area contributed by atoms with Crippen molar-refractivity contribution in [3.63, 3.8) is 0 Å². The van der Waals surface area contributed by atoms with E-state index < -0.39 is 5.97 Å². The number of benzene rings is 1. The summed E-state index contributed by atoms with van der Waals surface area (Å²) in [5.74, 6) is 0.726. The Hall–Kier alpha value is -2.28. The van der Waals surface area contributed by atoms with E-state index in [9.17, 15) is 9.59 Å². The molecule has 0 atom stereocenters. The number of rotatable bonds is 6. The van der Waals surface area contributed by atoms with E-state index in [1.807, 2.05) is 34.9 Å². The number of carboxylic acid groups (broad SMARTS) is 1. The van der Waals surface area contributed by atoms with Crippen LogP contribution in [0.2, 0.25) is 0 Å². The lowest BCUT2D eigenvalue weighted by Crippen LogP contribution is -2.48. The molecule has 1 amide bonds. The zero-order valence-corrected chi connectivity index (χ0v) is 15.1. The highest BCUT2D eigenvalue weighted by Crippen LogP contribution is 2.31. The lowest BCUT2D eigenvalue weighted by molar-refractivity contribution is -0.140. The average molecular weight is 362 g/mol. The van der Waals surface area contributed by atoms with Crippen molar-refractivity contribution in [2.75, 3.05) is 39.4 Å². The second-order valence-corrected chi connectivity index (χ2v) is 6.72. The van der Waals surface area contributed by atoms with Crippen LogP contribution in [0.4, 0.5) is 0 Å². The van der Waals surface area contributed by atoms with Crippen molar-refractivity contribution < 1.29 is 24.2 Å². The molecule has 0 radical (unpaired) electrons. The smallest absolute Gasteiger partial charge is 0.317 e. The van der Waals surface area contributed by atoms with Crippen molar-refractivity contribution in [2.24, 2.45) is 0 Å². The molecule has 7 heteroatoms. The first-order valence-electron chi connectivity index (χ1n) is 9.19. The van der Waals surface area contributed by atoms with Crippen molar-refractivity contribution in [1.82, 2.24) is 9.80 Å². The maximum atomic E-state index is 12.6. The van der Waals surface area contributed by atoms with Gasteiger partial charge in [-0.3, -0.25) is 14.5 Å². The minimum absolute atomic E-state index is 0.0618. The van der Waals surface area contributed by atoms with Gasteiger partial charge < -0.3 is 19.5 Å². The van der Waals surface area contributed by atoms with Gasteiger partial charge >= 0.3 is 5.97 Å². The minimum atomic E-state index is -0.802. The molecule has 0 saturated carbocycles. The molecule has 1 saturated heterocycles. The van der Waals surface area contributed by atoms with Crippen molar-refractivity contribution in [3.05, 3.63) is 23.8 Å². The maximum absolute atomic E-state index is 12.6. The molecule has 1 aromatic carbocycles. The third kappa shape index (κ3) is 4.46. The fraction of sp³-hybridized carbons (Fsp3) is 0.579. The lowest BCUT2D eigenvalue weighted by Gasteiger charge is -2.37. The zero-order chi connectivity index (χ0) is 18.5. The largest absolute Gasteiger partial charge is 0.486 e. The number of nitrogens with zero attached hydrogens (tertiary/aromatic N) is 2. The number of carbonyl (C=O) groups is 2. The standard InChI is InChI=1S/C19H26N2O5/c1-2-20(13-19(23)24)15-5-7-21(8-6-15)18(22)12-14-3-4-16-17(11-14)26-10-9-25-16/h3-4,11,15H,2,5-10,12-13H2,1H3,(H,23,24). The van der Waals surface area contributed by atoms with Gasteiger partial charge in [-0.15, -0.1) is 0 Å². The molecule has 142 valence electrons. The van der Waals surface area contributed by atoms with E-state index in [-0.39, 0.29) is 18.5 Å². The summed E-state index contributed by atoms with van der Waals surface area (Å²) in [4.78, 5) is 27.4. The Balaban J connectivity index is 1.53. The van der Waals surface area contributed by atoms with Crippen LogP contribution in [0.5, 0.6) is 11.5 Å².